The summed E-state index contributed by atoms with van der Waals surface area (Å²) in [7, 11) is 0. The predicted molar refractivity (Wildman–Crippen MR) is 129 cm³/mol. The fraction of sp³-hybridized carbons (Fsp3) is 0.308. The number of anilines is 1. The van der Waals surface area contributed by atoms with Crippen LogP contribution in [0.5, 0.6) is 0 Å². The molecule has 1 saturated carbocycles. The van der Waals surface area contributed by atoms with E-state index < -0.39 is 0 Å². The van der Waals surface area contributed by atoms with Crippen molar-refractivity contribution >= 4 is 16.6 Å². The second-order valence-corrected chi connectivity index (χ2v) is 8.79. The van der Waals surface area contributed by atoms with E-state index in [1.807, 2.05) is 43.6 Å². The number of pyridine rings is 1. The lowest BCUT2D eigenvalue weighted by Gasteiger charge is -2.31. The summed E-state index contributed by atoms with van der Waals surface area (Å²) in [5.41, 5.74) is 5.11. The molecule has 1 aliphatic rings. The molecule has 1 fully saturated rings. The first-order chi connectivity index (χ1) is 15.7. The molecule has 2 aromatic carbocycles. The second kappa shape index (κ2) is 9.01. The molecule has 0 aliphatic heterocycles. The van der Waals surface area contributed by atoms with E-state index in [4.69, 9.17) is 0 Å². The number of benzene rings is 2. The van der Waals surface area contributed by atoms with Crippen LogP contribution in [-0.2, 0) is 6.54 Å². The number of rotatable bonds is 6. The number of H-pyrrole nitrogens is 1. The maximum absolute atomic E-state index is 12.5. The van der Waals surface area contributed by atoms with Gasteiger partial charge in [0.2, 0.25) is 0 Å². The van der Waals surface area contributed by atoms with Crippen LogP contribution in [0, 0.1) is 6.92 Å². The van der Waals surface area contributed by atoms with Gasteiger partial charge >= 0.3 is 0 Å². The molecular weight excluding hydrogens is 398 g/mol. The van der Waals surface area contributed by atoms with Crippen molar-refractivity contribution in [2.75, 3.05) is 5.32 Å². The first-order valence-electron chi connectivity index (χ1n) is 11.4. The lowest BCUT2D eigenvalue weighted by Crippen LogP contribution is -2.38. The van der Waals surface area contributed by atoms with Gasteiger partial charge in [0.05, 0.1) is 11.7 Å². The summed E-state index contributed by atoms with van der Waals surface area (Å²) in [6.45, 7) is 2.65. The van der Waals surface area contributed by atoms with Crippen molar-refractivity contribution in [2.24, 2.45) is 0 Å². The van der Waals surface area contributed by atoms with E-state index in [1.54, 1.807) is 4.57 Å². The maximum Gasteiger partial charge on any atom is 0.257 e. The minimum absolute atomic E-state index is 0.0346. The SMILES string of the molecule is Cc1cccn(-c2cccc(CN[C@H]3CCC[C@@H](Nc4ccc5[nH]ncc5c4)C3)c2)c1=O. The van der Waals surface area contributed by atoms with Gasteiger partial charge in [0.1, 0.15) is 0 Å². The fourth-order valence-corrected chi connectivity index (χ4v) is 4.66. The number of nitrogens with zero attached hydrogens (tertiary/aromatic N) is 2. The zero-order valence-electron chi connectivity index (χ0n) is 18.3. The number of aromatic amines is 1. The van der Waals surface area contributed by atoms with Crippen LogP contribution in [0.2, 0.25) is 0 Å². The third kappa shape index (κ3) is 4.46. The molecule has 4 aromatic rings. The minimum atomic E-state index is 0.0346. The van der Waals surface area contributed by atoms with E-state index in [9.17, 15) is 4.79 Å². The van der Waals surface area contributed by atoms with E-state index in [1.165, 1.54) is 24.8 Å². The van der Waals surface area contributed by atoms with Crippen molar-refractivity contribution < 1.29 is 0 Å². The molecule has 0 radical (unpaired) electrons. The number of nitrogens with one attached hydrogen (secondary N) is 3. The third-order valence-electron chi connectivity index (χ3n) is 6.41. The van der Waals surface area contributed by atoms with Crippen LogP contribution < -0.4 is 16.2 Å². The van der Waals surface area contributed by atoms with Crippen molar-refractivity contribution in [3.8, 4) is 5.69 Å². The first kappa shape index (κ1) is 20.5. The zero-order chi connectivity index (χ0) is 21.9. The minimum Gasteiger partial charge on any atom is -0.382 e. The molecule has 0 unspecified atom stereocenters. The van der Waals surface area contributed by atoms with Crippen LogP contribution >= 0.6 is 0 Å². The Morgan fingerprint density at radius 3 is 2.94 bits per heavy atom. The standard InChI is InChI=1S/C26H29N5O/c1-18-5-4-12-31(26(18)32)24-9-2-6-19(13-24)16-27-21-7-3-8-22(15-21)29-23-10-11-25-20(14-23)17-28-30-25/h2,4-6,9-14,17,21-22,27,29H,3,7-8,15-16H2,1H3,(H,28,30)/t21-,22+/m0/s1. The first-order valence-corrected chi connectivity index (χ1v) is 11.4. The smallest absolute Gasteiger partial charge is 0.257 e. The van der Waals surface area contributed by atoms with Crippen LogP contribution in [0.15, 0.2) is 71.8 Å². The highest BCUT2D eigenvalue weighted by atomic mass is 16.1. The largest absolute Gasteiger partial charge is 0.382 e. The highest BCUT2D eigenvalue weighted by molar-refractivity contribution is 5.81. The number of aromatic nitrogens is 3. The van der Waals surface area contributed by atoms with Crippen molar-refractivity contribution in [1.82, 2.24) is 20.1 Å². The normalized spacial score (nSPS) is 18.7. The summed E-state index contributed by atoms with van der Waals surface area (Å²) in [6, 6.07) is 19.3. The van der Waals surface area contributed by atoms with Gasteiger partial charge in [0, 0.05) is 47.1 Å². The number of aryl methyl sites for hydroxylation is 1. The third-order valence-corrected chi connectivity index (χ3v) is 6.41. The Bertz CT molecular complexity index is 1270. The summed E-state index contributed by atoms with van der Waals surface area (Å²) in [5.74, 6) is 0. The molecule has 0 spiro atoms. The van der Waals surface area contributed by atoms with E-state index in [2.05, 4.69) is 51.2 Å². The molecule has 6 heteroatoms. The van der Waals surface area contributed by atoms with E-state index >= 15 is 0 Å². The van der Waals surface area contributed by atoms with Crippen molar-refractivity contribution in [2.45, 2.75) is 51.2 Å². The Kier molecular flexibility index (Phi) is 5.77. The quantitative estimate of drug-likeness (QED) is 0.422. The summed E-state index contributed by atoms with van der Waals surface area (Å²) in [5, 5.41) is 15.7. The molecule has 3 N–H and O–H groups in total. The summed E-state index contributed by atoms with van der Waals surface area (Å²) in [4.78, 5) is 12.5. The van der Waals surface area contributed by atoms with E-state index in [0.717, 1.165) is 40.8 Å². The van der Waals surface area contributed by atoms with Crippen molar-refractivity contribution in [3.05, 3.63) is 88.5 Å². The Morgan fingerprint density at radius 2 is 2.00 bits per heavy atom. The van der Waals surface area contributed by atoms with Gasteiger partial charge in [-0.2, -0.15) is 5.10 Å². The zero-order valence-corrected chi connectivity index (χ0v) is 18.3. The number of hydrogen-bond acceptors (Lipinski definition) is 4. The topological polar surface area (TPSA) is 74.7 Å². The van der Waals surface area contributed by atoms with Crippen LogP contribution in [0.1, 0.15) is 36.8 Å². The highest BCUT2D eigenvalue weighted by Crippen LogP contribution is 2.24. The Morgan fingerprint density at radius 1 is 1.09 bits per heavy atom. The summed E-state index contributed by atoms with van der Waals surface area (Å²) < 4.78 is 1.72. The number of fused-ring (bicyclic) bond motifs is 1. The van der Waals surface area contributed by atoms with Gasteiger partial charge in [-0.05, 0) is 74.6 Å². The van der Waals surface area contributed by atoms with E-state index in [0.29, 0.717) is 12.1 Å². The average molecular weight is 428 g/mol. The molecule has 164 valence electrons. The van der Waals surface area contributed by atoms with Gasteiger partial charge in [-0.3, -0.25) is 14.5 Å². The molecule has 0 bridgehead atoms. The van der Waals surface area contributed by atoms with Crippen LogP contribution in [0.4, 0.5) is 5.69 Å². The average Bonchev–Trinajstić information content (AvgIpc) is 3.28. The van der Waals surface area contributed by atoms with Gasteiger partial charge < -0.3 is 10.6 Å². The van der Waals surface area contributed by atoms with Crippen molar-refractivity contribution in [1.29, 1.82) is 0 Å². The molecule has 0 saturated heterocycles. The van der Waals surface area contributed by atoms with E-state index in [-0.39, 0.29) is 5.56 Å². The lowest BCUT2D eigenvalue weighted by atomic mass is 9.90. The Hall–Kier alpha value is -3.38. The predicted octanol–water partition coefficient (Wildman–Crippen LogP) is 4.54. The lowest BCUT2D eigenvalue weighted by molar-refractivity contribution is 0.350. The molecule has 2 aromatic heterocycles. The van der Waals surface area contributed by atoms with Gasteiger partial charge in [-0.15, -0.1) is 0 Å². The summed E-state index contributed by atoms with van der Waals surface area (Å²) >= 11 is 0. The van der Waals surface area contributed by atoms with Gasteiger partial charge in [0.15, 0.2) is 0 Å². The number of hydrogen-bond donors (Lipinski definition) is 3. The monoisotopic (exact) mass is 427 g/mol. The van der Waals surface area contributed by atoms with Gasteiger partial charge in [-0.1, -0.05) is 18.2 Å². The molecule has 32 heavy (non-hydrogen) atoms. The van der Waals surface area contributed by atoms with Gasteiger partial charge in [0.25, 0.3) is 5.56 Å². The second-order valence-electron chi connectivity index (χ2n) is 8.79. The molecule has 2 heterocycles. The van der Waals surface area contributed by atoms with Crippen LogP contribution in [-0.4, -0.2) is 26.8 Å². The molecule has 6 nitrogen and oxygen atoms in total. The Labute approximate surface area is 187 Å². The molecule has 0 amide bonds. The highest BCUT2D eigenvalue weighted by Gasteiger charge is 2.21. The van der Waals surface area contributed by atoms with Crippen LogP contribution in [0.3, 0.4) is 0 Å². The van der Waals surface area contributed by atoms with Crippen molar-refractivity contribution in [3.63, 3.8) is 0 Å². The molecule has 2 atom stereocenters. The molecule has 5 rings (SSSR count). The van der Waals surface area contributed by atoms with Crippen LogP contribution in [0.25, 0.3) is 16.6 Å². The molecular formula is C26H29N5O. The Balaban J connectivity index is 1.21. The van der Waals surface area contributed by atoms with Gasteiger partial charge in [-0.25, -0.2) is 0 Å². The molecule has 1 aliphatic carbocycles. The summed E-state index contributed by atoms with van der Waals surface area (Å²) in [6.07, 6.45) is 8.39. The fourth-order valence-electron chi connectivity index (χ4n) is 4.66. The maximum atomic E-state index is 12.5.